The molecule has 6 nitrogen and oxygen atoms in total. The Bertz CT molecular complexity index is 746. The Morgan fingerprint density at radius 3 is 2.31 bits per heavy atom. The predicted octanol–water partition coefficient (Wildman–Crippen LogP) is 2.35. The molecule has 1 fully saturated rings. The topological polar surface area (TPSA) is 45.6 Å². The lowest BCUT2D eigenvalue weighted by Crippen LogP contribution is -3.11. The molecule has 0 spiro atoms. The smallest absolute Gasteiger partial charge is 0.202 e. The van der Waals surface area contributed by atoms with Crippen molar-refractivity contribution in [1.82, 2.24) is 14.3 Å². The summed E-state index contributed by atoms with van der Waals surface area (Å²) in [4.78, 5) is 1.57. The van der Waals surface area contributed by atoms with Crippen LogP contribution in [0.1, 0.15) is 37.9 Å². The van der Waals surface area contributed by atoms with Gasteiger partial charge in [0.15, 0.2) is 12.5 Å². The Balaban J connectivity index is 1.63. The third kappa shape index (κ3) is 4.86. The minimum atomic E-state index is 0.398. The highest BCUT2D eigenvalue weighted by molar-refractivity contribution is 7.71. The van der Waals surface area contributed by atoms with Crippen LogP contribution in [0.25, 0.3) is 0 Å². The van der Waals surface area contributed by atoms with Crippen molar-refractivity contribution in [3.63, 3.8) is 0 Å². The molecule has 0 aliphatic carbocycles. The first-order chi connectivity index (χ1) is 12.7. The van der Waals surface area contributed by atoms with Crippen LogP contribution in [-0.4, -0.2) is 34.5 Å². The summed E-state index contributed by atoms with van der Waals surface area (Å²) >= 11 is 5.58. The highest BCUT2D eigenvalue weighted by Gasteiger charge is 2.15. The van der Waals surface area contributed by atoms with E-state index >= 15 is 0 Å². The van der Waals surface area contributed by atoms with Crippen LogP contribution in [-0.2, 0) is 20.3 Å². The maximum absolute atomic E-state index is 5.86. The fourth-order valence-corrected chi connectivity index (χ4v) is 3.57. The molecular weight excluding hydrogens is 348 g/mol. The average molecular weight is 378 g/mol. The van der Waals surface area contributed by atoms with E-state index in [1.807, 2.05) is 40.6 Å². The van der Waals surface area contributed by atoms with Crippen LogP contribution in [0.3, 0.4) is 0 Å². The van der Waals surface area contributed by atoms with Crippen molar-refractivity contribution in [1.29, 1.82) is 0 Å². The first-order valence-corrected chi connectivity index (χ1v) is 9.81. The molecule has 1 saturated heterocycles. The van der Waals surface area contributed by atoms with Crippen LogP contribution < -0.4 is 14.4 Å². The minimum absolute atomic E-state index is 0.398. The van der Waals surface area contributed by atoms with E-state index < -0.39 is 0 Å². The molecule has 26 heavy (non-hydrogen) atoms. The maximum atomic E-state index is 5.86. The SMILES string of the molecule is COc1ccc(OCc2nn(C[NH+]3CCCCCCC3)c(=S)n2C)cc1. The van der Waals surface area contributed by atoms with E-state index in [0.29, 0.717) is 6.61 Å². The van der Waals surface area contributed by atoms with Crippen molar-refractivity contribution >= 4 is 12.2 Å². The lowest BCUT2D eigenvalue weighted by atomic mass is 10.1. The molecule has 1 aliphatic heterocycles. The van der Waals surface area contributed by atoms with Crippen LogP contribution >= 0.6 is 12.2 Å². The summed E-state index contributed by atoms with van der Waals surface area (Å²) in [6, 6.07) is 7.57. The predicted molar refractivity (Wildman–Crippen MR) is 103 cm³/mol. The van der Waals surface area contributed by atoms with Gasteiger partial charge in [0.1, 0.15) is 18.1 Å². The molecule has 0 amide bonds. The molecule has 2 heterocycles. The molecule has 0 atom stereocenters. The van der Waals surface area contributed by atoms with Crippen LogP contribution in [0.2, 0.25) is 0 Å². The van der Waals surface area contributed by atoms with Gasteiger partial charge in [0, 0.05) is 7.05 Å². The van der Waals surface area contributed by atoms with E-state index in [4.69, 9.17) is 26.8 Å². The largest absolute Gasteiger partial charge is 0.497 e. The van der Waals surface area contributed by atoms with Gasteiger partial charge in [0.05, 0.1) is 20.2 Å². The zero-order valence-corrected chi connectivity index (χ0v) is 16.6. The van der Waals surface area contributed by atoms with E-state index in [9.17, 15) is 0 Å². The number of nitrogens with one attached hydrogen (secondary N) is 1. The summed E-state index contributed by atoms with van der Waals surface area (Å²) in [5, 5.41) is 4.71. The number of aromatic nitrogens is 3. The molecule has 142 valence electrons. The summed E-state index contributed by atoms with van der Waals surface area (Å²) in [7, 11) is 3.61. The number of ether oxygens (including phenoxy) is 2. The molecule has 0 bridgehead atoms. The van der Waals surface area contributed by atoms with Crippen LogP contribution in [0.15, 0.2) is 24.3 Å². The van der Waals surface area contributed by atoms with Crippen molar-refractivity contribution in [2.45, 2.75) is 45.4 Å². The molecule has 1 N–H and O–H groups in total. The van der Waals surface area contributed by atoms with Crippen LogP contribution in [0, 0.1) is 4.77 Å². The van der Waals surface area contributed by atoms with Crippen molar-refractivity contribution in [2.75, 3.05) is 20.2 Å². The van der Waals surface area contributed by atoms with Crippen LogP contribution in [0.5, 0.6) is 11.5 Å². The lowest BCUT2D eigenvalue weighted by Gasteiger charge is -2.21. The van der Waals surface area contributed by atoms with Gasteiger partial charge in [-0.2, -0.15) is 4.68 Å². The minimum Gasteiger partial charge on any atom is -0.497 e. The fraction of sp³-hybridized carbons (Fsp3) is 0.579. The van der Waals surface area contributed by atoms with Gasteiger partial charge in [0.2, 0.25) is 4.77 Å². The zero-order chi connectivity index (χ0) is 18.4. The molecule has 1 aromatic carbocycles. The van der Waals surface area contributed by atoms with Crippen molar-refractivity contribution in [3.05, 3.63) is 34.9 Å². The number of nitrogens with zero attached hydrogens (tertiary/aromatic N) is 3. The van der Waals surface area contributed by atoms with E-state index in [2.05, 4.69) is 0 Å². The van der Waals surface area contributed by atoms with E-state index in [1.54, 1.807) is 12.0 Å². The maximum Gasteiger partial charge on any atom is 0.202 e. The van der Waals surface area contributed by atoms with Gasteiger partial charge in [0.25, 0.3) is 0 Å². The standard InChI is InChI=1S/C19H28N4O2S/c1-21-18(14-25-17-10-8-16(24-2)9-11-17)20-23(19(21)26)15-22-12-6-4-3-5-7-13-22/h8-11H,3-7,12-15H2,1-2H3/p+1. The summed E-state index contributed by atoms with van der Waals surface area (Å²) < 4.78 is 15.7. The molecule has 0 unspecified atom stereocenters. The van der Waals surface area contributed by atoms with Gasteiger partial charge in [-0.3, -0.25) is 0 Å². The van der Waals surface area contributed by atoms with Gasteiger partial charge < -0.3 is 18.9 Å². The Kier molecular flexibility index (Phi) is 6.68. The number of rotatable bonds is 6. The van der Waals surface area contributed by atoms with Crippen molar-refractivity contribution in [2.24, 2.45) is 7.05 Å². The number of hydrogen-bond donors (Lipinski definition) is 1. The molecule has 1 aromatic heterocycles. The van der Waals surface area contributed by atoms with Gasteiger partial charge in [-0.05, 0) is 62.2 Å². The van der Waals surface area contributed by atoms with Gasteiger partial charge >= 0.3 is 0 Å². The van der Waals surface area contributed by atoms with Crippen molar-refractivity contribution in [3.8, 4) is 11.5 Å². The lowest BCUT2D eigenvalue weighted by molar-refractivity contribution is -0.924. The molecule has 0 saturated carbocycles. The first-order valence-electron chi connectivity index (χ1n) is 9.40. The van der Waals surface area contributed by atoms with Gasteiger partial charge in [-0.1, -0.05) is 6.42 Å². The second kappa shape index (κ2) is 9.19. The third-order valence-corrected chi connectivity index (χ3v) is 5.48. The van der Waals surface area contributed by atoms with Gasteiger partial charge in [-0.25, -0.2) is 0 Å². The molecule has 1 aliphatic rings. The molecule has 3 rings (SSSR count). The van der Waals surface area contributed by atoms with Gasteiger partial charge in [-0.15, -0.1) is 5.10 Å². The van der Waals surface area contributed by atoms with Crippen molar-refractivity contribution < 1.29 is 14.4 Å². The number of hydrogen-bond acceptors (Lipinski definition) is 4. The number of quaternary nitrogens is 1. The molecule has 2 aromatic rings. The van der Waals surface area contributed by atoms with E-state index in [1.165, 1.54) is 45.2 Å². The fourth-order valence-electron chi connectivity index (χ4n) is 3.36. The first kappa shape index (κ1) is 18.9. The molecular formula is C19H29N4O2S+. The normalized spacial score (nSPS) is 16.1. The Labute approximate surface area is 160 Å². The Hall–Kier alpha value is -1.86. The summed E-state index contributed by atoms with van der Waals surface area (Å²) in [5.74, 6) is 2.45. The van der Waals surface area contributed by atoms with E-state index in [0.717, 1.165) is 28.8 Å². The molecule has 0 radical (unpaired) electrons. The Morgan fingerprint density at radius 1 is 1.04 bits per heavy atom. The second-order valence-corrected chi connectivity index (χ2v) is 7.26. The third-order valence-electron chi connectivity index (χ3n) is 4.99. The Morgan fingerprint density at radius 2 is 1.65 bits per heavy atom. The highest BCUT2D eigenvalue weighted by Crippen LogP contribution is 2.18. The average Bonchev–Trinajstić information content (AvgIpc) is 2.90. The number of benzene rings is 1. The highest BCUT2D eigenvalue weighted by atomic mass is 32.1. The number of likely N-dealkylation sites (tertiary alicyclic amines) is 1. The summed E-state index contributed by atoms with van der Waals surface area (Å²) in [5.41, 5.74) is 0. The van der Waals surface area contributed by atoms with E-state index in [-0.39, 0.29) is 0 Å². The summed E-state index contributed by atoms with van der Waals surface area (Å²) in [6.45, 7) is 3.65. The quantitative estimate of drug-likeness (QED) is 0.785. The van der Waals surface area contributed by atoms with Crippen LogP contribution in [0.4, 0.5) is 0 Å². The summed E-state index contributed by atoms with van der Waals surface area (Å²) in [6.07, 6.45) is 6.66. The monoisotopic (exact) mass is 377 g/mol. The zero-order valence-electron chi connectivity index (χ0n) is 15.7. The number of methoxy groups -OCH3 is 1. The molecule has 7 heteroatoms. The second-order valence-electron chi connectivity index (χ2n) is 6.90.